The van der Waals surface area contributed by atoms with Crippen LogP contribution >= 0.6 is 0 Å². The van der Waals surface area contributed by atoms with E-state index in [1.165, 1.54) is 20.3 Å². The zero-order valence-electron chi connectivity index (χ0n) is 13.1. The summed E-state index contributed by atoms with van der Waals surface area (Å²) in [6.45, 7) is -0.311. The van der Waals surface area contributed by atoms with Gasteiger partial charge in [-0.05, 0) is 18.2 Å². The highest BCUT2D eigenvalue weighted by Crippen LogP contribution is 2.29. The molecule has 1 amide bonds. The number of carboxylic acids is 1. The maximum absolute atomic E-state index is 12.1. The van der Waals surface area contributed by atoms with E-state index in [0.717, 1.165) is 16.8 Å². The lowest BCUT2D eigenvalue weighted by atomic mass is 10.2. The Hall–Kier alpha value is -3.29. The molecule has 8 heteroatoms. The molecule has 0 bridgehead atoms. The quantitative estimate of drug-likeness (QED) is 0.823. The first-order chi connectivity index (χ1) is 11.4. The summed E-state index contributed by atoms with van der Waals surface area (Å²) >= 11 is 0. The van der Waals surface area contributed by atoms with Crippen LogP contribution in [-0.4, -0.2) is 35.8 Å². The highest BCUT2D eigenvalue weighted by atomic mass is 16.5. The first-order valence-electron chi connectivity index (χ1n) is 6.90. The van der Waals surface area contributed by atoms with Crippen molar-refractivity contribution in [2.45, 2.75) is 6.54 Å². The molecule has 1 aromatic heterocycles. The van der Waals surface area contributed by atoms with Crippen LogP contribution in [0.2, 0.25) is 0 Å². The van der Waals surface area contributed by atoms with Crippen LogP contribution in [0.1, 0.15) is 10.4 Å². The van der Waals surface area contributed by atoms with Crippen molar-refractivity contribution in [3.05, 3.63) is 52.4 Å². The van der Waals surface area contributed by atoms with E-state index in [1.807, 2.05) is 0 Å². The average Bonchev–Trinajstić information content (AvgIpc) is 2.56. The molecule has 0 saturated carbocycles. The van der Waals surface area contributed by atoms with Gasteiger partial charge in [0.05, 0.1) is 19.8 Å². The third-order valence-corrected chi connectivity index (χ3v) is 3.21. The summed E-state index contributed by atoms with van der Waals surface area (Å²) in [5.41, 5.74) is -0.0870. The summed E-state index contributed by atoms with van der Waals surface area (Å²) < 4.78 is 11.3. The van der Waals surface area contributed by atoms with Gasteiger partial charge in [0.25, 0.3) is 5.56 Å². The summed E-state index contributed by atoms with van der Waals surface area (Å²) in [7, 11) is 2.97. The molecule has 0 aliphatic carbocycles. The van der Waals surface area contributed by atoms with Crippen LogP contribution < -0.4 is 20.3 Å². The van der Waals surface area contributed by atoms with Gasteiger partial charge in [-0.25, -0.2) is 4.79 Å². The molecular weight excluding hydrogens is 316 g/mol. The maximum atomic E-state index is 12.1. The number of nitrogens with one attached hydrogen (secondary N) is 1. The van der Waals surface area contributed by atoms with Crippen molar-refractivity contribution in [1.82, 2.24) is 4.57 Å². The first-order valence-corrected chi connectivity index (χ1v) is 6.90. The van der Waals surface area contributed by atoms with Crippen LogP contribution in [0.3, 0.4) is 0 Å². The van der Waals surface area contributed by atoms with Gasteiger partial charge in [-0.15, -0.1) is 0 Å². The molecule has 0 unspecified atom stereocenters. The number of rotatable bonds is 6. The van der Waals surface area contributed by atoms with Crippen molar-refractivity contribution >= 4 is 17.6 Å². The lowest BCUT2D eigenvalue weighted by Crippen LogP contribution is -2.27. The zero-order chi connectivity index (χ0) is 17.7. The minimum Gasteiger partial charge on any atom is -0.493 e. The number of carbonyl (C=O) groups is 2. The van der Waals surface area contributed by atoms with E-state index in [-0.39, 0.29) is 12.1 Å². The monoisotopic (exact) mass is 332 g/mol. The van der Waals surface area contributed by atoms with Crippen molar-refractivity contribution in [3.8, 4) is 11.5 Å². The fraction of sp³-hybridized carbons (Fsp3) is 0.188. The predicted molar refractivity (Wildman–Crippen MR) is 85.8 cm³/mol. The molecule has 0 spiro atoms. The maximum Gasteiger partial charge on any atom is 0.337 e. The molecule has 8 nitrogen and oxygen atoms in total. The van der Waals surface area contributed by atoms with Crippen LogP contribution in [0.15, 0.2) is 41.3 Å². The number of nitrogens with zero attached hydrogens (tertiary/aromatic N) is 1. The van der Waals surface area contributed by atoms with E-state index in [9.17, 15) is 14.4 Å². The number of methoxy groups -OCH3 is 2. The predicted octanol–water partition coefficient (Wildman–Crippen LogP) is 1.20. The van der Waals surface area contributed by atoms with E-state index in [0.29, 0.717) is 17.2 Å². The third-order valence-electron chi connectivity index (χ3n) is 3.21. The topological polar surface area (TPSA) is 107 Å². The minimum atomic E-state index is -1.18. The fourth-order valence-corrected chi connectivity index (χ4v) is 2.05. The van der Waals surface area contributed by atoms with Crippen molar-refractivity contribution in [3.63, 3.8) is 0 Å². The molecule has 0 fully saturated rings. The second-order valence-electron chi connectivity index (χ2n) is 4.81. The van der Waals surface area contributed by atoms with Crippen molar-refractivity contribution in [2.75, 3.05) is 19.5 Å². The first kappa shape index (κ1) is 17.1. The molecule has 2 aromatic rings. The molecular formula is C16H16N2O6. The van der Waals surface area contributed by atoms with E-state index in [4.69, 9.17) is 14.6 Å². The lowest BCUT2D eigenvalue weighted by Gasteiger charge is -2.11. The highest BCUT2D eigenvalue weighted by Gasteiger charge is 2.10. The van der Waals surface area contributed by atoms with E-state index < -0.39 is 17.4 Å². The smallest absolute Gasteiger partial charge is 0.337 e. The molecule has 0 radical (unpaired) electrons. The molecule has 2 N–H and O–H groups in total. The van der Waals surface area contributed by atoms with Gasteiger partial charge in [0.1, 0.15) is 6.54 Å². The number of hydrogen-bond acceptors (Lipinski definition) is 5. The van der Waals surface area contributed by atoms with Gasteiger partial charge in [0.15, 0.2) is 11.5 Å². The van der Waals surface area contributed by atoms with Gasteiger partial charge in [-0.2, -0.15) is 0 Å². The number of hydrogen-bond donors (Lipinski definition) is 2. The number of aromatic nitrogens is 1. The molecule has 0 aliphatic heterocycles. The van der Waals surface area contributed by atoms with Crippen LogP contribution in [0.4, 0.5) is 5.69 Å². The Morgan fingerprint density at radius 3 is 2.46 bits per heavy atom. The Kier molecular flexibility index (Phi) is 5.20. The fourth-order valence-electron chi connectivity index (χ4n) is 2.05. The number of amides is 1. The highest BCUT2D eigenvalue weighted by molar-refractivity contribution is 5.91. The van der Waals surface area contributed by atoms with Crippen molar-refractivity contribution in [2.24, 2.45) is 0 Å². The van der Waals surface area contributed by atoms with Gasteiger partial charge in [0, 0.05) is 24.0 Å². The molecule has 24 heavy (non-hydrogen) atoms. The summed E-state index contributed by atoms with van der Waals surface area (Å²) in [6, 6.07) is 7.12. The van der Waals surface area contributed by atoms with Crippen LogP contribution in [-0.2, 0) is 11.3 Å². The molecule has 1 aromatic carbocycles. The van der Waals surface area contributed by atoms with Crippen molar-refractivity contribution in [1.29, 1.82) is 0 Å². The molecule has 0 saturated heterocycles. The lowest BCUT2D eigenvalue weighted by molar-refractivity contribution is -0.116. The average molecular weight is 332 g/mol. The number of anilines is 1. The zero-order valence-corrected chi connectivity index (χ0v) is 13.1. The largest absolute Gasteiger partial charge is 0.493 e. The molecule has 0 atom stereocenters. The third kappa shape index (κ3) is 3.92. The number of ether oxygens (including phenoxy) is 2. The molecule has 126 valence electrons. The van der Waals surface area contributed by atoms with Gasteiger partial charge in [0.2, 0.25) is 5.91 Å². The Balaban J connectivity index is 2.15. The van der Waals surface area contributed by atoms with E-state index in [2.05, 4.69) is 5.32 Å². The van der Waals surface area contributed by atoms with Gasteiger partial charge >= 0.3 is 5.97 Å². The van der Waals surface area contributed by atoms with Gasteiger partial charge < -0.3 is 24.5 Å². The normalized spacial score (nSPS) is 10.1. The Morgan fingerprint density at radius 2 is 1.83 bits per heavy atom. The second kappa shape index (κ2) is 7.32. The summed E-state index contributed by atoms with van der Waals surface area (Å²) in [6.07, 6.45) is 1.12. The number of aromatic carboxylic acids is 1. The second-order valence-corrected chi connectivity index (χ2v) is 4.81. The standard InChI is InChI=1S/C16H16N2O6/c1-23-12-5-4-11(7-13(12)24-2)17-14(19)9-18-8-10(16(21)22)3-6-15(18)20/h3-8H,9H2,1-2H3,(H,17,19)(H,21,22). The number of carboxylic acid groups (broad SMARTS) is 1. The Labute approximate surface area is 137 Å². The minimum absolute atomic E-state index is 0.0754. The van der Waals surface area contributed by atoms with Crippen LogP contribution in [0.25, 0.3) is 0 Å². The van der Waals surface area contributed by atoms with Gasteiger partial charge in [-0.1, -0.05) is 0 Å². The van der Waals surface area contributed by atoms with Crippen LogP contribution in [0, 0.1) is 0 Å². The van der Waals surface area contributed by atoms with E-state index >= 15 is 0 Å². The van der Waals surface area contributed by atoms with Crippen molar-refractivity contribution < 1.29 is 24.2 Å². The Bertz CT molecular complexity index is 828. The summed E-state index contributed by atoms with van der Waals surface area (Å²) in [4.78, 5) is 34.7. The number of benzene rings is 1. The molecule has 0 aliphatic rings. The van der Waals surface area contributed by atoms with E-state index in [1.54, 1.807) is 18.2 Å². The van der Waals surface area contributed by atoms with Crippen LogP contribution in [0.5, 0.6) is 11.5 Å². The Morgan fingerprint density at radius 1 is 1.12 bits per heavy atom. The summed E-state index contributed by atoms with van der Waals surface area (Å²) in [5, 5.41) is 11.5. The molecule has 1 heterocycles. The summed E-state index contributed by atoms with van der Waals surface area (Å²) in [5.74, 6) is -0.697. The SMILES string of the molecule is COc1ccc(NC(=O)Cn2cc(C(=O)O)ccc2=O)cc1OC. The number of carbonyl (C=O) groups excluding carboxylic acids is 1. The van der Waals surface area contributed by atoms with Gasteiger partial charge in [-0.3, -0.25) is 9.59 Å². The number of pyridine rings is 1. The molecule has 2 rings (SSSR count).